The summed E-state index contributed by atoms with van der Waals surface area (Å²) in [6.45, 7) is 2.27. The lowest BCUT2D eigenvalue weighted by atomic mass is 9.98. The predicted molar refractivity (Wildman–Crippen MR) is 117 cm³/mol. The number of nitrogens with zero attached hydrogens (tertiary/aromatic N) is 3. The molecule has 0 amide bonds. The van der Waals surface area contributed by atoms with Crippen molar-refractivity contribution in [2.45, 2.75) is 12.8 Å². The molecule has 4 aromatic rings. The Kier molecular flexibility index (Phi) is 6.10. The van der Waals surface area contributed by atoms with Gasteiger partial charge >= 0.3 is 10.8 Å². The van der Waals surface area contributed by atoms with Crippen molar-refractivity contribution in [1.29, 1.82) is 0 Å². The number of benzene rings is 1. The molecule has 3 heterocycles. The lowest BCUT2D eigenvalue weighted by molar-refractivity contribution is -0.142. The van der Waals surface area contributed by atoms with E-state index in [0.717, 1.165) is 21.5 Å². The van der Waals surface area contributed by atoms with Crippen molar-refractivity contribution < 1.29 is 14.3 Å². The first-order valence-corrected chi connectivity index (χ1v) is 10.5. The zero-order valence-corrected chi connectivity index (χ0v) is 17.6. The van der Waals surface area contributed by atoms with E-state index in [1.165, 1.54) is 11.3 Å². The number of carbonyl (C=O) groups excluding carboxylic acids is 1. The molecule has 1 aromatic carbocycles. The maximum Gasteiger partial charge on any atom is 0.319 e. The quantitative estimate of drug-likeness (QED) is 0.318. The highest BCUT2D eigenvalue weighted by molar-refractivity contribution is 7.16. The van der Waals surface area contributed by atoms with Crippen LogP contribution in [-0.2, 0) is 9.53 Å². The van der Waals surface area contributed by atoms with Crippen molar-refractivity contribution >= 4 is 27.5 Å². The molecule has 0 spiro atoms. The Morgan fingerprint density at radius 3 is 2.90 bits per heavy atom. The summed E-state index contributed by atoms with van der Waals surface area (Å²) in [6.07, 6.45) is 3.45. The Hall–Kier alpha value is -3.50. The van der Waals surface area contributed by atoms with Gasteiger partial charge in [0, 0.05) is 12.1 Å². The number of nitrogens with two attached hydrogens (primary N) is 1. The van der Waals surface area contributed by atoms with Gasteiger partial charge in [0.2, 0.25) is 0 Å². The standard InChI is InChI=1S/C21H21N5O4S/c1-13(14-2-4-17-18(10-14)31-21(28)24-17)16-6-7-26(25-16)19-5-3-15(12-23-19)29-8-9-30-20(27)11-22/h2-7,10,12-13H,8-9,11,22H2,1H3,(H,24,28). The van der Waals surface area contributed by atoms with Gasteiger partial charge in [0.15, 0.2) is 5.82 Å². The summed E-state index contributed by atoms with van der Waals surface area (Å²) in [7, 11) is 0. The van der Waals surface area contributed by atoms with Crippen LogP contribution in [0.25, 0.3) is 16.0 Å². The fourth-order valence-electron chi connectivity index (χ4n) is 3.07. The van der Waals surface area contributed by atoms with Crippen LogP contribution in [0.2, 0.25) is 0 Å². The van der Waals surface area contributed by atoms with Gasteiger partial charge in [0.05, 0.1) is 28.7 Å². The molecule has 10 heteroatoms. The summed E-state index contributed by atoms with van der Waals surface area (Å²) in [5.41, 5.74) is 7.99. The molecule has 1 unspecified atom stereocenters. The van der Waals surface area contributed by atoms with Crippen LogP contribution in [0.3, 0.4) is 0 Å². The van der Waals surface area contributed by atoms with Crippen LogP contribution in [0.5, 0.6) is 5.75 Å². The van der Waals surface area contributed by atoms with E-state index in [1.54, 1.807) is 23.0 Å². The van der Waals surface area contributed by atoms with Crippen molar-refractivity contribution in [3.8, 4) is 11.6 Å². The van der Waals surface area contributed by atoms with Gasteiger partial charge in [0.1, 0.15) is 19.0 Å². The molecule has 4 rings (SSSR count). The molecule has 160 valence electrons. The van der Waals surface area contributed by atoms with E-state index < -0.39 is 5.97 Å². The highest BCUT2D eigenvalue weighted by Crippen LogP contribution is 2.27. The summed E-state index contributed by atoms with van der Waals surface area (Å²) in [4.78, 5) is 29.7. The van der Waals surface area contributed by atoms with Gasteiger partial charge < -0.3 is 20.2 Å². The number of hydrogen-bond donors (Lipinski definition) is 2. The summed E-state index contributed by atoms with van der Waals surface area (Å²) in [5, 5.41) is 4.65. The number of hydrogen-bond acceptors (Lipinski definition) is 8. The van der Waals surface area contributed by atoms with E-state index in [0.29, 0.717) is 11.6 Å². The number of nitrogens with one attached hydrogen (secondary N) is 1. The Labute approximate surface area is 181 Å². The zero-order chi connectivity index (χ0) is 21.8. The molecule has 0 aliphatic heterocycles. The van der Waals surface area contributed by atoms with Gasteiger partial charge in [-0.1, -0.05) is 24.3 Å². The summed E-state index contributed by atoms with van der Waals surface area (Å²) in [6, 6.07) is 11.5. The lowest BCUT2D eigenvalue weighted by Crippen LogP contribution is -2.19. The highest BCUT2D eigenvalue weighted by Gasteiger charge is 2.14. The van der Waals surface area contributed by atoms with E-state index in [9.17, 15) is 9.59 Å². The van der Waals surface area contributed by atoms with Gasteiger partial charge in [-0.15, -0.1) is 0 Å². The third-order valence-corrected chi connectivity index (χ3v) is 5.58. The minimum Gasteiger partial charge on any atom is -0.488 e. The number of fused-ring (bicyclic) bond motifs is 1. The Morgan fingerprint density at radius 1 is 1.26 bits per heavy atom. The molecule has 1 atom stereocenters. The zero-order valence-electron chi connectivity index (χ0n) is 16.8. The van der Waals surface area contributed by atoms with Gasteiger partial charge in [-0.3, -0.25) is 9.59 Å². The molecular weight excluding hydrogens is 418 g/mol. The van der Waals surface area contributed by atoms with E-state index in [2.05, 4.69) is 22.0 Å². The number of H-pyrrole nitrogens is 1. The molecule has 0 saturated heterocycles. The number of carbonyl (C=O) groups is 1. The van der Waals surface area contributed by atoms with Gasteiger partial charge in [-0.2, -0.15) is 5.10 Å². The third-order valence-electron chi connectivity index (χ3n) is 4.74. The Bertz CT molecular complexity index is 1240. The number of ether oxygens (including phenoxy) is 2. The van der Waals surface area contributed by atoms with Crippen LogP contribution in [0.15, 0.2) is 53.6 Å². The SMILES string of the molecule is CC(c1ccc2[nH]c(=O)sc2c1)c1ccn(-c2ccc(OCCOC(=O)CN)cn2)n1. The third kappa shape index (κ3) is 4.81. The van der Waals surface area contributed by atoms with Crippen LogP contribution < -0.4 is 15.3 Å². The fraction of sp³-hybridized carbons (Fsp3) is 0.238. The number of pyridine rings is 1. The first kappa shape index (κ1) is 20.8. The minimum absolute atomic E-state index is 0.0563. The summed E-state index contributed by atoms with van der Waals surface area (Å²) < 4.78 is 13.0. The Morgan fingerprint density at radius 2 is 2.13 bits per heavy atom. The van der Waals surface area contributed by atoms with E-state index in [1.807, 2.05) is 30.5 Å². The van der Waals surface area contributed by atoms with Crippen LogP contribution in [0, 0.1) is 0 Å². The first-order valence-electron chi connectivity index (χ1n) is 9.67. The fourth-order valence-corrected chi connectivity index (χ4v) is 3.85. The lowest BCUT2D eigenvalue weighted by Gasteiger charge is -2.09. The van der Waals surface area contributed by atoms with Crippen molar-refractivity contribution in [2.24, 2.45) is 5.73 Å². The monoisotopic (exact) mass is 439 g/mol. The minimum atomic E-state index is -0.468. The normalized spacial score (nSPS) is 12.1. The molecule has 0 aliphatic carbocycles. The molecule has 0 aliphatic rings. The second-order valence-electron chi connectivity index (χ2n) is 6.80. The molecule has 3 aromatic heterocycles. The summed E-state index contributed by atoms with van der Waals surface area (Å²) >= 11 is 1.20. The van der Waals surface area contributed by atoms with Crippen LogP contribution in [0.1, 0.15) is 24.1 Å². The van der Waals surface area contributed by atoms with Crippen molar-refractivity contribution in [2.75, 3.05) is 19.8 Å². The van der Waals surface area contributed by atoms with Crippen molar-refractivity contribution in [1.82, 2.24) is 19.7 Å². The number of aromatic nitrogens is 4. The molecule has 0 fully saturated rings. The molecule has 3 N–H and O–H groups in total. The average molecular weight is 439 g/mol. The predicted octanol–water partition coefficient (Wildman–Crippen LogP) is 2.20. The summed E-state index contributed by atoms with van der Waals surface area (Å²) in [5.74, 6) is 0.804. The van der Waals surface area contributed by atoms with Crippen LogP contribution in [0.4, 0.5) is 0 Å². The highest BCUT2D eigenvalue weighted by atomic mass is 32.1. The molecule has 0 bridgehead atoms. The molecule has 0 radical (unpaired) electrons. The van der Waals surface area contributed by atoms with Crippen LogP contribution >= 0.6 is 11.3 Å². The maximum atomic E-state index is 11.5. The van der Waals surface area contributed by atoms with Gasteiger partial charge in [-0.05, 0) is 35.9 Å². The van der Waals surface area contributed by atoms with Gasteiger partial charge in [0.25, 0.3) is 0 Å². The Balaban J connectivity index is 1.41. The first-order chi connectivity index (χ1) is 15.0. The molecule has 31 heavy (non-hydrogen) atoms. The number of aromatic amines is 1. The van der Waals surface area contributed by atoms with Crippen molar-refractivity contribution in [3.05, 3.63) is 69.7 Å². The smallest absolute Gasteiger partial charge is 0.319 e. The molecule has 0 saturated carbocycles. The topological polar surface area (TPSA) is 125 Å². The maximum absolute atomic E-state index is 11.5. The molecule has 9 nitrogen and oxygen atoms in total. The van der Waals surface area contributed by atoms with Gasteiger partial charge in [-0.25, -0.2) is 9.67 Å². The van der Waals surface area contributed by atoms with E-state index >= 15 is 0 Å². The number of thiazole rings is 1. The number of rotatable bonds is 8. The molecular formula is C21H21N5O4S. The number of esters is 1. The average Bonchev–Trinajstić information content (AvgIpc) is 3.42. The van der Waals surface area contributed by atoms with E-state index in [4.69, 9.17) is 15.2 Å². The second-order valence-corrected chi connectivity index (χ2v) is 7.82. The van der Waals surface area contributed by atoms with Crippen LogP contribution in [-0.4, -0.2) is 45.5 Å². The van der Waals surface area contributed by atoms with Crippen molar-refractivity contribution in [3.63, 3.8) is 0 Å². The van der Waals surface area contributed by atoms with E-state index in [-0.39, 0.29) is 30.5 Å². The largest absolute Gasteiger partial charge is 0.488 e. The second kappa shape index (κ2) is 9.11.